The number of rotatable bonds is 10. The fourth-order valence-electron chi connectivity index (χ4n) is 6.25. The molecule has 3 N–H and O–H groups in total. The van der Waals surface area contributed by atoms with Gasteiger partial charge < -0.3 is 24.4 Å². The summed E-state index contributed by atoms with van der Waals surface area (Å²) in [6.45, 7) is 1.69. The molecule has 6 rings (SSSR count). The van der Waals surface area contributed by atoms with E-state index in [2.05, 4.69) is 4.98 Å². The van der Waals surface area contributed by atoms with Gasteiger partial charge in [-0.15, -0.1) is 0 Å². The number of aromatic amines is 1. The van der Waals surface area contributed by atoms with Crippen molar-refractivity contribution in [2.45, 2.75) is 49.9 Å². The highest BCUT2D eigenvalue weighted by Crippen LogP contribution is 2.47. The van der Waals surface area contributed by atoms with Crippen LogP contribution in [0.2, 0.25) is 0 Å². The SMILES string of the molecule is CC(=O)Oc1ccc(C(c2ccccc2)(c2ccc(OCc3ccccc3)cc2)C(O)[C@H]2O[C@@H](n3ccc(=O)[nH]c3=O)C[C@@H]2O)cc1. The van der Waals surface area contributed by atoms with Gasteiger partial charge in [0, 0.05) is 25.6 Å². The first-order valence-corrected chi connectivity index (χ1v) is 15.2. The Bertz CT molecular complexity index is 1920. The predicted octanol–water partition coefficient (Wildman–Crippen LogP) is 4.08. The van der Waals surface area contributed by atoms with Gasteiger partial charge >= 0.3 is 11.7 Å². The van der Waals surface area contributed by atoms with Gasteiger partial charge in [0.15, 0.2) is 0 Å². The number of aliphatic hydroxyl groups excluding tert-OH is 2. The van der Waals surface area contributed by atoms with Gasteiger partial charge in [0.25, 0.3) is 5.56 Å². The molecule has 5 aromatic rings. The van der Waals surface area contributed by atoms with E-state index in [-0.39, 0.29) is 6.42 Å². The molecule has 0 bridgehead atoms. The number of hydrogen-bond acceptors (Lipinski definition) is 8. The second-order valence-corrected chi connectivity index (χ2v) is 11.4. The molecule has 1 aromatic heterocycles. The highest BCUT2D eigenvalue weighted by Gasteiger charge is 2.52. The van der Waals surface area contributed by atoms with E-state index < -0.39 is 47.2 Å². The van der Waals surface area contributed by atoms with Crippen molar-refractivity contribution in [1.29, 1.82) is 0 Å². The number of nitrogens with zero attached hydrogens (tertiary/aromatic N) is 1. The van der Waals surface area contributed by atoms with Crippen molar-refractivity contribution in [1.82, 2.24) is 9.55 Å². The molecular weight excluding hydrogens is 600 g/mol. The number of aromatic nitrogens is 2. The van der Waals surface area contributed by atoms with Crippen molar-refractivity contribution < 1.29 is 29.2 Å². The first-order valence-electron chi connectivity index (χ1n) is 15.2. The number of hydrogen-bond donors (Lipinski definition) is 3. The van der Waals surface area contributed by atoms with Crippen LogP contribution in [0.15, 0.2) is 131 Å². The summed E-state index contributed by atoms with van der Waals surface area (Å²) in [5, 5.41) is 23.9. The lowest BCUT2D eigenvalue weighted by Crippen LogP contribution is -2.51. The van der Waals surface area contributed by atoms with E-state index >= 15 is 0 Å². The molecule has 0 radical (unpaired) electrons. The number of ether oxygens (including phenoxy) is 3. The topological polar surface area (TPSA) is 140 Å². The minimum Gasteiger partial charge on any atom is -0.489 e. The van der Waals surface area contributed by atoms with Crippen molar-refractivity contribution in [2.75, 3.05) is 0 Å². The van der Waals surface area contributed by atoms with Crippen LogP contribution in [0, 0.1) is 0 Å². The summed E-state index contributed by atoms with van der Waals surface area (Å²) in [6.07, 6.45) is -3.39. The lowest BCUT2D eigenvalue weighted by atomic mass is 9.64. The average molecular weight is 635 g/mol. The summed E-state index contributed by atoms with van der Waals surface area (Å²) in [4.78, 5) is 38.1. The minimum atomic E-state index is -1.40. The van der Waals surface area contributed by atoms with Crippen molar-refractivity contribution in [3.8, 4) is 11.5 Å². The van der Waals surface area contributed by atoms with Gasteiger partial charge in [-0.2, -0.15) is 0 Å². The van der Waals surface area contributed by atoms with Gasteiger partial charge in [-0.1, -0.05) is 84.9 Å². The molecule has 1 saturated heterocycles. The summed E-state index contributed by atoms with van der Waals surface area (Å²) in [5.41, 5.74) is 0.441. The monoisotopic (exact) mass is 634 g/mol. The Kier molecular flexibility index (Phi) is 9.17. The molecule has 5 atom stereocenters. The van der Waals surface area contributed by atoms with E-state index in [1.54, 1.807) is 24.3 Å². The van der Waals surface area contributed by atoms with Crippen molar-refractivity contribution >= 4 is 5.97 Å². The zero-order valence-electron chi connectivity index (χ0n) is 25.6. The highest BCUT2D eigenvalue weighted by atomic mass is 16.5. The number of carbonyl (C=O) groups excluding carboxylic acids is 1. The molecule has 1 fully saturated rings. The Hall–Kier alpha value is -5.29. The molecule has 240 valence electrons. The van der Waals surface area contributed by atoms with Crippen molar-refractivity contribution in [2.24, 2.45) is 0 Å². The van der Waals surface area contributed by atoms with Crippen LogP contribution in [0.1, 0.15) is 41.8 Å². The first-order chi connectivity index (χ1) is 22.8. The molecule has 10 nitrogen and oxygen atoms in total. The normalized spacial score (nSPS) is 19.4. The van der Waals surface area contributed by atoms with Crippen LogP contribution in [0.3, 0.4) is 0 Å². The van der Waals surface area contributed by atoms with Crippen LogP contribution in [0.25, 0.3) is 0 Å². The van der Waals surface area contributed by atoms with Crippen molar-refractivity contribution in [3.63, 3.8) is 0 Å². The maximum Gasteiger partial charge on any atom is 0.330 e. The third-order valence-corrected chi connectivity index (χ3v) is 8.41. The van der Waals surface area contributed by atoms with Gasteiger partial charge in [-0.05, 0) is 46.5 Å². The Morgan fingerprint density at radius 1 is 0.872 bits per heavy atom. The summed E-state index contributed by atoms with van der Waals surface area (Å²) < 4.78 is 18.8. The number of benzene rings is 4. The summed E-state index contributed by atoms with van der Waals surface area (Å²) in [5.74, 6) is 0.482. The van der Waals surface area contributed by atoms with E-state index in [1.807, 2.05) is 84.9 Å². The molecular formula is C37H34N2O8. The van der Waals surface area contributed by atoms with E-state index in [9.17, 15) is 24.6 Å². The van der Waals surface area contributed by atoms with Crippen LogP contribution in [-0.4, -0.2) is 44.0 Å². The molecule has 0 spiro atoms. The van der Waals surface area contributed by atoms with Gasteiger partial charge in [0.05, 0.1) is 11.5 Å². The molecule has 1 aliphatic rings. The molecule has 47 heavy (non-hydrogen) atoms. The molecule has 2 unspecified atom stereocenters. The Morgan fingerprint density at radius 3 is 2.04 bits per heavy atom. The predicted molar refractivity (Wildman–Crippen MR) is 173 cm³/mol. The molecule has 10 heteroatoms. The first kappa shape index (κ1) is 31.7. The minimum absolute atomic E-state index is 0.00377. The zero-order valence-corrected chi connectivity index (χ0v) is 25.6. The lowest BCUT2D eigenvalue weighted by Gasteiger charge is -2.43. The Morgan fingerprint density at radius 2 is 1.45 bits per heavy atom. The summed E-state index contributed by atoms with van der Waals surface area (Å²) in [6, 6.07) is 34.5. The molecule has 2 heterocycles. The second kappa shape index (κ2) is 13.6. The maximum absolute atomic E-state index is 12.6. The smallest absolute Gasteiger partial charge is 0.330 e. The van der Waals surface area contributed by atoms with Crippen LogP contribution >= 0.6 is 0 Å². The lowest BCUT2D eigenvalue weighted by molar-refractivity contribution is -0.131. The summed E-state index contributed by atoms with van der Waals surface area (Å²) in [7, 11) is 0. The van der Waals surface area contributed by atoms with E-state index in [1.165, 1.54) is 23.8 Å². The number of carbonyl (C=O) groups is 1. The number of nitrogens with one attached hydrogen (secondary N) is 1. The standard InChI is InChI=1S/C37H34N2O8/c1-24(40)46-30-18-14-28(15-19-30)37(26-10-6-3-7-11-26,27-12-16-29(17-13-27)45-23-25-8-4-2-5-9-25)35(43)34-31(41)22-33(47-34)39-21-20-32(42)38-36(39)44/h2-21,31,33-35,41,43H,22-23H2,1H3,(H,38,42,44)/t31-,33+,34-,35?,37?/m0/s1. The largest absolute Gasteiger partial charge is 0.489 e. The average Bonchev–Trinajstić information content (AvgIpc) is 3.47. The molecule has 4 aromatic carbocycles. The van der Waals surface area contributed by atoms with Gasteiger partial charge in [0.1, 0.15) is 36.5 Å². The summed E-state index contributed by atoms with van der Waals surface area (Å²) >= 11 is 0. The third-order valence-electron chi connectivity index (χ3n) is 8.41. The van der Waals surface area contributed by atoms with Crippen LogP contribution in [-0.2, 0) is 21.6 Å². The van der Waals surface area contributed by atoms with Gasteiger partial charge in [-0.25, -0.2) is 4.79 Å². The van der Waals surface area contributed by atoms with E-state index in [0.717, 1.165) is 5.56 Å². The number of esters is 1. The van der Waals surface area contributed by atoms with Gasteiger partial charge in [-0.3, -0.25) is 19.1 Å². The second-order valence-electron chi connectivity index (χ2n) is 11.4. The maximum atomic E-state index is 12.6. The van der Waals surface area contributed by atoms with Crippen LogP contribution < -0.4 is 20.7 Å². The van der Waals surface area contributed by atoms with E-state index in [4.69, 9.17) is 14.2 Å². The third kappa shape index (κ3) is 6.52. The fraction of sp³-hybridized carbons (Fsp3) is 0.216. The number of aliphatic hydroxyl groups is 2. The van der Waals surface area contributed by atoms with Crippen LogP contribution in [0.4, 0.5) is 0 Å². The number of H-pyrrole nitrogens is 1. The van der Waals surface area contributed by atoms with E-state index in [0.29, 0.717) is 34.8 Å². The van der Waals surface area contributed by atoms with Crippen molar-refractivity contribution in [3.05, 3.63) is 165 Å². The fourth-order valence-corrected chi connectivity index (χ4v) is 6.25. The van der Waals surface area contributed by atoms with Gasteiger partial charge in [0.2, 0.25) is 0 Å². The Labute approximate surface area is 270 Å². The van der Waals surface area contributed by atoms with Crippen LogP contribution in [0.5, 0.6) is 11.5 Å². The molecule has 1 aliphatic heterocycles. The molecule has 0 saturated carbocycles. The molecule has 0 aliphatic carbocycles. The molecule has 0 amide bonds. The quantitative estimate of drug-likeness (QED) is 0.119. The zero-order chi connectivity index (χ0) is 33.0. The highest BCUT2D eigenvalue weighted by molar-refractivity contribution is 5.69. The Balaban J connectivity index is 1.45.